The van der Waals surface area contributed by atoms with E-state index in [0.717, 1.165) is 44.4 Å². The number of aromatic nitrogens is 3. The van der Waals surface area contributed by atoms with Crippen LogP contribution in [0.1, 0.15) is 58.7 Å². The third-order valence-corrected chi connectivity index (χ3v) is 4.99. The Morgan fingerprint density at radius 3 is 2.62 bits per heavy atom. The first-order chi connectivity index (χ1) is 11.2. The van der Waals surface area contributed by atoms with Gasteiger partial charge < -0.3 is 15.2 Å². The maximum atomic E-state index is 4.85. The van der Waals surface area contributed by atoms with Gasteiger partial charge in [0.1, 0.15) is 12.2 Å². The van der Waals surface area contributed by atoms with Crippen LogP contribution in [0.2, 0.25) is 0 Å². The van der Waals surface area contributed by atoms with Gasteiger partial charge in [0.25, 0.3) is 0 Å². The summed E-state index contributed by atoms with van der Waals surface area (Å²) in [6, 6.07) is 0. The van der Waals surface area contributed by atoms with E-state index >= 15 is 0 Å². The summed E-state index contributed by atoms with van der Waals surface area (Å²) >= 11 is 0. The molecule has 0 saturated heterocycles. The van der Waals surface area contributed by atoms with Crippen LogP contribution in [0.3, 0.4) is 0 Å². The lowest BCUT2D eigenvalue weighted by Gasteiger charge is -2.25. The van der Waals surface area contributed by atoms with Crippen molar-refractivity contribution in [3.63, 3.8) is 0 Å². The molecule has 2 N–H and O–H groups in total. The first-order valence-corrected chi connectivity index (χ1v) is 9.12. The van der Waals surface area contributed by atoms with Crippen molar-refractivity contribution in [2.75, 3.05) is 19.6 Å². The predicted octanol–water partition coefficient (Wildman–Crippen LogP) is 2.98. The second kappa shape index (κ2) is 10.9. The molecule has 0 spiro atoms. The van der Waals surface area contributed by atoms with Crippen molar-refractivity contribution in [1.29, 1.82) is 0 Å². The van der Waals surface area contributed by atoms with E-state index in [-0.39, 0.29) is 24.0 Å². The van der Waals surface area contributed by atoms with Crippen LogP contribution in [0.15, 0.2) is 11.3 Å². The fourth-order valence-corrected chi connectivity index (χ4v) is 3.37. The van der Waals surface area contributed by atoms with Crippen molar-refractivity contribution < 1.29 is 0 Å². The molecule has 1 aliphatic rings. The number of nitrogens with one attached hydrogen (secondary N) is 2. The van der Waals surface area contributed by atoms with Crippen molar-refractivity contribution in [2.24, 2.45) is 10.4 Å². The lowest BCUT2D eigenvalue weighted by Crippen LogP contribution is -2.39. The lowest BCUT2D eigenvalue weighted by molar-refractivity contribution is 0.297. The highest BCUT2D eigenvalue weighted by Crippen LogP contribution is 2.41. The SMILES string of the molecule is CCNC(=NCC1(CC)CCCC1)NCCn1cnnc1CC.I. The highest BCUT2D eigenvalue weighted by atomic mass is 127. The maximum absolute atomic E-state index is 4.85. The highest BCUT2D eigenvalue weighted by molar-refractivity contribution is 14.0. The number of aliphatic imine (C=N–C) groups is 1. The number of guanidine groups is 1. The molecule has 0 aliphatic heterocycles. The number of halogens is 1. The molecule has 2 rings (SSSR count). The fourth-order valence-electron chi connectivity index (χ4n) is 3.37. The summed E-state index contributed by atoms with van der Waals surface area (Å²) in [5, 5.41) is 14.9. The van der Waals surface area contributed by atoms with E-state index in [0.29, 0.717) is 5.41 Å². The van der Waals surface area contributed by atoms with Crippen LogP contribution in [0.5, 0.6) is 0 Å². The molecule has 0 bridgehead atoms. The van der Waals surface area contributed by atoms with Crippen LogP contribution in [0.4, 0.5) is 0 Å². The topological polar surface area (TPSA) is 67.1 Å². The maximum Gasteiger partial charge on any atom is 0.191 e. The monoisotopic (exact) mass is 448 g/mol. The second-order valence-electron chi connectivity index (χ2n) is 6.48. The zero-order valence-corrected chi connectivity index (χ0v) is 17.7. The normalized spacial score (nSPS) is 16.7. The lowest BCUT2D eigenvalue weighted by atomic mass is 9.84. The molecule has 0 amide bonds. The number of nitrogens with zero attached hydrogens (tertiary/aromatic N) is 4. The van der Waals surface area contributed by atoms with Gasteiger partial charge >= 0.3 is 0 Å². The molecule has 6 nitrogen and oxygen atoms in total. The quantitative estimate of drug-likeness (QED) is 0.365. The third kappa shape index (κ3) is 5.89. The van der Waals surface area contributed by atoms with Gasteiger partial charge in [-0.3, -0.25) is 4.99 Å². The minimum atomic E-state index is 0. The molecule has 1 saturated carbocycles. The Morgan fingerprint density at radius 1 is 1.25 bits per heavy atom. The summed E-state index contributed by atoms with van der Waals surface area (Å²) in [5.41, 5.74) is 0.437. The number of hydrogen-bond donors (Lipinski definition) is 2. The van der Waals surface area contributed by atoms with Gasteiger partial charge in [-0.05, 0) is 31.6 Å². The molecule has 0 unspecified atom stereocenters. The molecule has 1 fully saturated rings. The van der Waals surface area contributed by atoms with Crippen LogP contribution >= 0.6 is 24.0 Å². The Hall–Kier alpha value is -0.860. The second-order valence-corrected chi connectivity index (χ2v) is 6.48. The van der Waals surface area contributed by atoms with Crippen LogP contribution in [-0.4, -0.2) is 40.4 Å². The molecule has 24 heavy (non-hydrogen) atoms. The standard InChI is InChI=1S/C17H32N6.HI/c1-4-15-22-21-14-23(15)12-11-19-16(18-6-3)20-13-17(5-2)9-7-8-10-17;/h14H,4-13H2,1-3H3,(H2,18,19,20);1H. The van der Waals surface area contributed by atoms with Crippen LogP contribution < -0.4 is 10.6 Å². The van der Waals surface area contributed by atoms with Gasteiger partial charge in [-0.15, -0.1) is 34.2 Å². The summed E-state index contributed by atoms with van der Waals surface area (Å²) in [5.74, 6) is 1.96. The van der Waals surface area contributed by atoms with Crippen molar-refractivity contribution >= 4 is 29.9 Å². The van der Waals surface area contributed by atoms with E-state index in [1.807, 2.05) is 0 Å². The largest absolute Gasteiger partial charge is 0.357 e. The third-order valence-electron chi connectivity index (χ3n) is 4.99. The Kier molecular flexibility index (Phi) is 9.61. The predicted molar refractivity (Wildman–Crippen MR) is 110 cm³/mol. The minimum absolute atomic E-state index is 0. The molecule has 1 aromatic rings. The van der Waals surface area contributed by atoms with E-state index in [2.05, 4.69) is 46.2 Å². The van der Waals surface area contributed by atoms with Gasteiger partial charge in [0, 0.05) is 32.6 Å². The van der Waals surface area contributed by atoms with Gasteiger partial charge in [-0.2, -0.15) is 0 Å². The molecule has 0 aromatic carbocycles. The van der Waals surface area contributed by atoms with Gasteiger partial charge in [-0.25, -0.2) is 0 Å². The van der Waals surface area contributed by atoms with Gasteiger partial charge in [-0.1, -0.05) is 26.7 Å². The minimum Gasteiger partial charge on any atom is -0.357 e. The molecule has 1 heterocycles. The number of hydrogen-bond acceptors (Lipinski definition) is 3. The summed E-state index contributed by atoms with van der Waals surface area (Å²) in [4.78, 5) is 4.85. The van der Waals surface area contributed by atoms with E-state index in [4.69, 9.17) is 4.99 Å². The van der Waals surface area contributed by atoms with Gasteiger partial charge in [0.2, 0.25) is 0 Å². The molecule has 1 aromatic heterocycles. The van der Waals surface area contributed by atoms with Crippen molar-refractivity contribution in [3.05, 3.63) is 12.2 Å². The van der Waals surface area contributed by atoms with Crippen LogP contribution in [0.25, 0.3) is 0 Å². The van der Waals surface area contributed by atoms with Crippen molar-refractivity contribution in [1.82, 2.24) is 25.4 Å². The van der Waals surface area contributed by atoms with Gasteiger partial charge in [0.15, 0.2) is 5.96 Å². The number of rotatable bonds is 8. The van der Waals surface area contributed by atoms with Crippen molar-refractivity contribution in [2.45, 2.75) is 65.8 Å². The van der Waals surface area contributed by atoms with E-state index in [1.54, 1.807) is 6.33 Å². The fraction of sp³-hybridized carbons (Fsp3) is 0.824. The Bertz CT molecular complexity index is 493. The van der Waals surface area contributed by atoms with E-state index in [9.17, 15) is 0 Å². The van der Waals surface area contributed by atoms with Crippen LogP contribution in [-0.2, 0) is 13.0 Å². The Labute approximate surface area is 163 Å². The molecule has 0 radical (unpaired) electrons. The average molecular weight is 448 g/mol. The first kappa shape index (κ1) is 21.2. The Morgan fingerprint density at radius 2 is 2.00 bits per heavy atom. The molecule has 7 heteroatoms. The molecule has 0 atom stereocenters. The first-order valence-electron chi connectivity index (χ1n) is 9.12. The zero-order valence-electron chi connectivity index (χ0n) is 15.3. The number of aryl methyl sites for hydroxylation is 1. The van der Waals surface area contributed by atoms with E-state index < -0.39 is 0 Å². The molecular weight excluding hydrogens is 415 g/mol. The zero-order chi connectivity index (χ0) is 16.5. The summed E-state index contributed by atoms with van der Waals surface area (Å²) in [6.45, 7) is 10.0. The smallest absolute Gasteiger partial charge is 0.191 e. The van der Waals surface area contributed by atoms with E-state index in [1.165, 1.54) is 32.1 Å². The average Bonchev–Trinajstić information content (AvgIpc) is 3.22. The van der Waals surface area contributed by atoms with Gasteiger partial charge in [0.05, 0.1) is 0 Å². The van der Waals surface area contributed by atoms with Crippen molar-refractivity contribution in [3.8, 4) is 0 Å². The molecule has 1 aliphatic carbocycles. The van der Waals surface area contributed by atoms with Crippen LogP contribution in [0, 0.1) is 5.41 Å². The Balaban J connectivity index is 0.00000288. The summed E-state index contributed by atoms with van der Waals surface area (Å²) in [7, 11) is 0. The molecular formula is C17H33IN6. The molecule has 138 valence electrons. The highest BCUT2D eigenvalue weighted by Gasteiger charge is 2.31. The summed E-state index contributed by atoms with van der Waals surface area (Å²) in [6.07, 6.45) is 9.32. The summed E-state index contributed by atoms with van der Waals surface area (Å²) < 4.78 is 2.10.